The van der Waals surface area contributed by atoms with E-state index in [4.69, 9.17) is 4.74 Å². The van der Waals surface area contributed by atoms with E-state index in [0.29, 0.717) is 0 Å². The van der Waals surface area contributed by atoms with Crippen molar-refractivity contribution in [3.63, 3.8) is 0 Å². The number of thioether (sulfide) groups is 1. The fourth-order valence-electron chi connectivity index (χ4n) is 3.92. The van der Waals surface area contributed by atoms with Crippen molar-refractivity contribution in [2.24, 2.45) is 0 Å². The highest BCUT2D eigenvalue weighted by molar-refractivity contribution is 7.99. The summed E-state index contributed by atoms with van der Waals surface area (Å²) in [5.74, 6) is 2.69. The van der Waals surface area contributed by atoms with Crippen LogP contribution in [-0.2, 0) is 4.74 Å². The van der Waals surface area contributed by atoms with Gasteiger partial charge in [-0.3, -0.25) is 0 Å². The minimum absolute atomic E-state index is 0.260. The Bertz CT molecular complexity index is 254. The van der Waals surface area contributed by atoms with Gasteiger partial charge in [-0.1, -0.05) is 19.3 Å². The van der Waals surface area contributed by atoms with Gasteiger partial charge >= 0.3 is 0 Å². The zero-order chi connectivity index (χ0) is 12.3. The van der Waals surface area contributed by atoms with E-state index < -0.39 is 0 Å². The van der Waals surface area contributed by atoms with Crippen molar-refractivity contribution in [2.75, 3.05) is 18.1 Å². The number of hydrogen-bond donors (Lipinski definition) is 1. The van der Waals surface area contributed by atoms with Crippen LogP contribution in [0.3, 0.4) is 0 Å². The molecule has 0 aromatic rings. The van der Waals surface area contributed by atoms with Crippen LogP contribution >= 0.6 is 11.8 Å². The zero-order valence-corrected chi connectivity index (χ0v) is 12.3. The van der Waals surface area contributed by atoms with Crippen molar-refractivity contribution in [2.45, 2.75) is 75.5 Å². The molecule has 0 aromatic heterocycles. The maximum absolute atomic E-state index is 6.18. The third-order valence-electron chi connectivity index (χ3n) is 4.89. The van der Waals surface area contributed by atoms with Gasteiger partial charge in [-0.05, 0) is 44.3 Å². The summed E-state index contributed by atoms with van der Waals surface area (Å²) in [6, 6.07) is 1.49. The molecule has 3 heteroatoms. The van der Waals surface area contributed by atoms with E-state index in [0.717, 1.165) is 18.7 Å². The molecule has 1 aliphatic carbocycles. The van der Waals surface area contributed by atoms with Crippen molar-refractivity contribution >= 4 is 11.8 Å². The van der Waals surface area contributed by atoms with Gasteiger partial charge in [-0.15, -0.1) is 0 Å². The monoisotopic (exact) mass is 269 g/mol. The summed E-state index contributed by atoms with van der Waals surface area (Å²) in [7, 11) is 0. The SMILES string of the molecule is C1CCC2(CC1)C[C@H](N[C@@H]1CCCSC1)CCO2. The van der Waals surface area contributed by atoms with Gasteiger partial charge in [-0.25, -0.2) is 0 Å². The number of rotatable bonds is 2. The van der Waals surface area contributed by atoms with Gasteiger partial charge in [0.25, 0.3) is 0 Å². The molecule has 3 rings (SSSR count). The second kappa shape index (κ2) is 6.15. The van der Waals surface area contributed by atoms with E-state index in [1.165, 1.54) is 69.3 Å². The number of ether oxygens (including phenoxy) is 1. The Balaban J connectivity index is 1.52. The summed E-state index contributed by atoms with van der Waals surface area (Å²) in [6.45, 7) is 0.984. The summed E-state index contributed by atoms with van der Waals surface area (Å²) in [6.07, 6.45) is 12.1. The third kappa shape index (κ3) is 3.23. The molecule has 2 aliphatic heterocycles. The predicted molar refractivity (Wildman–Crippen MR) is 78.3 cm³/mol. The van der Waals surface area contributed by atoms with Crippen LogP contribution in [0.2, 0.25) is 0 Å². The highest BCUT2D eigenvalue weighted by Crippen LogP contribution is 2.38. The van der Waals surface area contributed by atoms with Crippen LogP contribution in [0.25, 0.3) is 0 Å². The first kappa shape index (κ1) is 13.3. The predicted octanol–water partition coefficient (Wildman–Crippen LogP) is 3.35. The van der Waals surface area contributed by atoms with Gasteiger partial charge in [0.05, 0.1) is 5.60 Å². The van der Waals surface area contributed by atoms with Crippen LogP contribution in [0.4, 0.5) is 0 Å². The van der Waals surface area contributed by atoms with E-state index in [9.17, 15) is 0 Å². The van der Waals surface area contributed by atoms with E-state index in [-0.39, 0.29) is 5.60 Å². The molecule has 3 aliphatic rings. The molecule has 2 saturated heterocycles. The van der Waals surface area contributed by atoms with Crippen LogP contribution in [-0.4, -0.2) is 35.8 Å². The summed E-state index contributed by atoms with van der Waals surface area (Å²) >= 11 is 2.12. The molecular formula is C15H27NOS. The summed E-state index contributed by atoms with van der Waals surface area (Å²) in [5, 5.41) is 3.93. The van der Waals surface area contributed by atoms with Crippen molar-refractivity contribution in [1.29, 1.82) is 0 Å². The molecule has 0 bridgehead atoms. The van der Waals surface area contributed by atoms with Crippen molar-refractivity contribution in [3.8, 4) is 0 Å². The number of hydrogen-bond acceptors (Lipinski definition) is 3. The Hall–Kier alpha value is 0.270. The molecule has 0 aromatic carbocycles. The van der Waals surface area contributed by atoms with E-state index in [1.807, 2.05) is 0 Å². The van der Waals surface area contributed by atoms with E-state index in [1.54, 1.807) is 0 Å². The molecule has 1 N–H and O–H groups in total. The van der Waals surface area contributed by atoms with Crippen LogP contribution in [0.15, 0.2) is 0 Å². The molecule has 0 amide bonds. The second-order valence-corrected chi connectivity index (χ2v) is 7.51. The lowest BCUT2D eigenvalue weighted by atomic mass is 9.78. The summed E-state index contributed by atoms with van der Waals surface area (Å²) in [5.41, 5.74) is 0.260. The summed E-state index contributed by atoms with van der Waals surface area (Å²) < 4.78 is 6.18. The van der Waals surface area contributed by atoms with Gasteiger partial charge in [0, 0.05) is 24.4 Å². The van der Waals surface area contributed by atoms with Crippen molar-refractivity contribution in [3.05, 3.63) is 0 Å². The van der Waals surface area contributed by atoms with E-state index >= 15 is 0 Å². The molecule has 1 saturated carbocycles. The van der Waals surface area contributed by atoms with Crippen LogP contribution in [0, 0.1) is 0 Å². The molecular weight excluding hydrogens is 242 g/mol. The number of nitrogens with one attached hydrogen (secondary N) is 1. The molecule has 0 unspecified atom stereocenters. The van der Waals surface area contributed by atoms with Gasteiger partial charge in [0.15, 0.2) is 0 Å². The van der Waals surface area contributed by atoms with Crippen LogP contribution < -0.4 is 5.32 Å². The van der Waals surface area contributed by atoms with Gasteiger partial charge in [0.1, 0.15) is 0 Å². The third-order valence-corrected chi connectivity index (χ3v) is 6.10. The van der Waals surface area contributed by atoms with Crippen LogP contribution in [0.5, 0.6) is 0 Å². The quantitative estimate of drug-likeness (QED) is 0.830. The first-order valence-corrected chi connectivity index (χ1v) is 9.00. The molecule has 3 fully saturated rings. The highest BCUT2D eigenvalue weighted by atomic mass is 32.2. The van der Waals surface area contributed by atoms with Crippen molar-refractivity contribution < 1.29 is 4.74 Å². The average molecular weight is 269 g/mol. The molecule has 1 spiro atoms. The first-order chi connectivity index (χ1) is 8.86. The molecule has 2 atom stereocenters. The Labute approximate surface area is 116 Å². The fourth-order valence-corrected chi connectivity index (χ4v) is 5.00. The molecule has 2 heterocycles. The Kier molecular flexibility index (Phi) is 4.53. The molecule has 104 valence electrons. The molecule has 2 nitrogen and oxygen atoms in total. The fraction of sp³-hybridized carbons (Fsp3) is 1.00. The van der Waals surface area contributed by atoms with Gasteiger partial charge < -0.3 is 10.1 Å². The highest BCUT2D eigenvalue weighted by Gasteiger charge is 2.38. The lowest BCUT2D eigenvalue weighted by molar-refractivity contribution is -0.109. The topological polar surface area (TPSA) is 21.3 Å². The zero-order valence-electron chi connectivity index (χ0n) is 11.5. The average Bonchev–Trinajstić information content (AvgIpc) is 2.41. The second-order valence-electron chi connectivity index (χ2n) is 6.36. The minimum Gasteiger partial charge on any atom is -0.375 e. The normalized spacial score (nSPS) is 36.7. The molecule has 18 heavy (non-hydrogen) atoms. The lowest BCUT2D eigenvalue weighted by Crippen LogP contribution is -2.51. The standard InChI is InChI=1S/C15H27NOS/c1-2-7-15(8-3-1)11-13(6-9-17-15)16-14-5-4-10-18-12-14/h13-14,16H,1-12H2/t13-,14-/m1/s1. The minimum atomic E-state index is 0.260. The largest absolute Gasteiger partial charge is 0.375 e. The van der Waals surface area contributed by atoms with Crippen molar-refractivity contribution in [1.82, 2.24) is 5.32 Å². The van der Waals surface area contributed by atoms with E-state index in [2.05, 4.69) is 17.1 Å². The smallest absolute Gasteiger partial charge is 0.0697 e. The summed E-state index contributed by atoms with van der Waals surface area (Å²) in [4.78, 5) is 0. The first-order valence-electron chi connectivity index (χ1n) is 7.84. The van der Waals surface area contributed by atoms with Gasteiger partial charge in [0.2, 0.25) is 0 Å². The Morgan fingerprint density at radius 1 is 1.00 bits per heavy atom. The lowest BCUT2D eigenvalue weighted by Gasteiger charge is -2.44. The molecule has 0 radical (unpaired) electrons. The van der Waals surface area contributed by atoms with Gasteiger partial charge in [-0.2, -0.15) is 11.8 Å². The van der Waals surface area contributed by atoms with Crippen LogP contribution in [0.1, 0.15) is 57.8 Å². The maximum Gasteiger partial charge on any atom is 0.0697 e. The Morgan fingerprint density at radius 2 is 1.89 bits per heavy atom. The Morgan fingerprint density at radius 3 is 2.67 bits per heavy atom. The maximum atomic E-state index is 6.18.